The summed E-state index contributed by atoms with van der Waals surface area (Å²) in [5, 5.41) is 1.99. The quantitative estimate of drug-likeness (QED) is 0.708. The van der Waals surface area contributed by atoms with Crippen molar-refractivity contribution in [2.45, 2.75) is 31.8 Å². The lowest BCUT2D eigenvalue weighted by Gasteiger charge is -2.29. The van der Waals surface area contributed by atoms with E-state index < -0.39 is 9.84 Å². The first-order valence-electron chi connectivity index (χ1n) is 7.75. The molecule has 1 aromatic heterocycles. The zero-order chi connectivity index (χ0) is 16.4. The van der Waals surface area contributed by atoms with E-state index in [0.29, 0.717) is 38.9 Å². The van der Waals surface area contributed by atoms with Crippen molar-refractivity contribution in [3.8, 4) is 0 Å². The van der Waals surface area contributed by atoms with Crippen LogP contribution in [0.2, 0.25) is 0 Å². The maximum Gasteiger partial charge on any atom is 0.229 e. The highest BCUT2D eigenvalue weighted by Gasteiger charge is 2.34. The molecule has 0 spiro atoms. The summed E-state index contributed by atoms with van der Waals surface area (Å²) in [6, 6.07) is 3.96. The van der Waals surface area contributed by atoms with Crippen molar-refractivity contribution in [3.05, 3.63) is 22.4 Å². The molecule has 126 valence electrons. The molecular formula is C15H20N2O4S2. The first kappa shape index (κ1) is 16.6. The molecule has 0 saturated carbocycles. The highest BCUT2D eigenvalue weighted by atomic mass is 32.2. The van der Waals surface area contributed by atoms with Crippen LogP contribution < -0.4 is 0 Å². The molecule has 2 fully saturated rings. The number of imide groups is 1. The third kappa shape index (κ3) is 3.99. The molecule has 2 aliphatic heterocycles. The molecule has 0 aliphatic carbocycles. The topological polar surface area (TPSA) is 74.8 Å². The Balaban J connectivity index is 1.67. The monoisotopic (exact) mass is 356 g/mol. The summed E-state index contributed by atoms with van der Waals surface area (Å²) in [7, 11) is -2.96. The molecule has 0 radical (unpaired) electrons. The fourth-order valence-electron chi connectivity index (χ4n) is 3.16. The Morgan fingerprint density at radius 2 is 2.00 bits per heavy atom. The van der Waals surface area contributed by atoms with Gasteiger partial charge in [-0.1, -0.05) is 6.07 Å². The predicted octanol–water partition coefficient (Wildman–Crippen LogP) is 0.886. The molecule has 0 bridgehead atoms. The number of carbonyl (C=O) groups is 2. The Hall–Kier alpha value is -1.25. The van der Waals surface area contributed by atoms with Crippen LogP contribution in [0.1, 0.15) is 24.1 Å². The molecule has 2 amide bonds. The van der Waals surface area contributed by atoms with E-state index in [1.807, 2.05) is 17.5 Å². The number of thiophene rings is 1. The van der Waals surface area contributed by atoms with E-state index in [9.17, 15) is 18.0 Å². The van der Waals surface area contributed by atoms with Gasteiger partial charge in [-0.25, -0.2) is 8.42 Å². The molecule has 0 aromatic carbocycles. The van der Waals surface area contributed by atoms with E-state index in [4.69, 9.17) is 0 Å². The second kappa shape index (κ2) is 6.70. The molecule has 6 nitrogen and oxygen atoms in total. The Kier molecular flexibility index (Phi) is 4.84. The summed E-state index contributed by atoms with van der Waals surface area (Å²) in [6.45, 7) is 1.53. The van der Waals surface area contributed by atoms with Crippen LogP contribution in [0.3, 0.4) is 0 Å². The standard InChI is InChI=1S/C15H20N2O4S2/c18-14-3-4-15(19)17(14)7-6-16(10-13-2-1-8-22-13)12-5-9-23(20,21)11-12/h1-2,8,12H,3-7,9-11H2/t12-/m1/s1. The number of sulfone groups is 1. The number of hydrogen-bond acceptors (Lipinski definition) is 6. The van der Waals surface area contributed by atoms with Crippen LogP contribution >= 0.6 is 11.3 Å². The van der Waals surface area contributed by atoms with Crippen molar-refractivity contribution >= 4 is 33.0 Å². The smallest absolute Gasteiger partial charge is 0.229 e. The lowest BCUT2D eigenvalue weighted by molar-refractivity contribution is -0.138. The van der Waals surface area contributed by atoms with Crippen molar-refractivity contribution in [1.29, 1.82) is 0 Å². The summed E-state index contributed by atoms with van der Waals surface area (Å²) in [5.41, 5.74) is 0. The van der Waals surface area contributed by atoms with Gasteiger partial charge >= 0.3 is 0 Å². The number of hydrogen-bond donors (Lipinski definition) is 0. The van der Waals surface area contributed by atoms with E-state index in [0.717, 1.165) is 4.88 Å². The molecule has 0 unspecified atom stereocenters. The van der Waals surface area contributed by atoms with Crippen LogP contribution in [-0.4, -0.2) is 60.7 Å². The van der Waals surface area contributed by atoms with Crippen LogP contribution in [0.25, 0.3) is 0 Å². The zero-order valence-corrected chi connectivity index (χ0v) is 14.4. The van der Waals surface area contributed by atoms with Crippen molar-refractivity contribution < 1.29 is 18.0 Å². The van der Waals surface area contributed by atoms with E-state index in [1.54, 1.807) is 11.3 Å². The molecule has 2 aliphatic rings. The summed E-state index contributed by atoms with van der Waals surface area (Å²) in [4.78, 5) is 28.0. The van der Waals surface area contributed by atoms with Gasteiger partial charge in [-0.05, 0) is 17.9 Å². The van der Waals surface area contributed by atoms with Gasteiger partial charge in [0, 0.05) is 43.4 Å². The van der Waals surface area contributed by atoms with Gasteiger partial charge in [-0.15, -0.1) is 11.3 Å². The minimum atomic E-state index is -2.96. The minimum Gasteiger partial charge on any atom is -0.292 e. The van der Waals surface area contributed by atoms with Crippen LogP contribution in [-0.2, 0) is 26.0 Å². The molecule has 3 heterocycles. The highest BCUT2D eigenvalue weighted by Crippen LogP contribution is 2.22. The maximum absolute atomic E-state index is 11.8. The second-order valence-electron chi connectivity index (χ2n) is 6.05. The average molecular weight is 356 g/mol. The molecule has 1 aromatic rings. The van der Waals surface area contributed by atoms with Gasteiger partial charge in [0.2, 0.25) is 11.8 Å². The van der Waals surface area contributed by atoms with Crippen LogP contribution in [0.5, 0.6) is 0 Å². The van der Waals surface area contributed by atoms with Crippen molar-refractivity contribution in [3.63, 3.8) is 0 Å². The first-order valence-corrected chi connectivity index (χ1v) is 10.4. The van der Waals surface area contributed by atoms with Gasteiger partial charge in [0.05, 0.1) is 11.5 Å². The summed E-state index contributed by atoms with van der Waals surface area (Å²) >= 11 is 1.63. The molecule has 8 heteroatoms. The zero-order valence-electron chi connectivity index (χ0n) is 12.8. The van der Waals surface area contributed by atoms with Gasteiger partial charge in [0.25, 0.3) is 0 Å². The Labute approximate surface area is 140 Å². The largest absolute Gasteiger partial charge is 0.292 e. The van der Waals surface area contributed by atoms with Gasteiger partial charge in [0.15, 0.2) is 9.84 Å². The van der Waals surface area contributed by atoms with Gasteiger partial charge in [-0.2, -0.15) is 0 Å². The highest BCUT2D eigenvalue weighted by molar-refractivity contribution is 7.91. The number of rotatable bonds is 6. The van der Waals surface area contributed by atoms with Crippen LogP contribution in [0.4, 0.5) is 0 Å². The molecule has 2 saturated heterocycles. The second-order valence-corrected chi connectivity index (χ2v) is 9.31. The fourth-order valence-corrected chi connectivity index (χ4v) is 5.65. The van der Waals surface area contributed by atoms with E-state index >= 15 is 0 Å². The predicted molar refractivity (Wildman–Crippen MR) is 87.7 cm³/mol. The number of nitrogens with zero attached hydrogens (tertiary/aromatic N) is 2. The lowest BCUT2D eigenvalue weighted by atomic mass is 10.2. The van der Waals surface area contributed by atoms with E-state index in [-0.39, 0.29) is 29.4 Å². The summed E-state index contributed by atoms with van der Waals surface area (Å²) in [5.74, 6) is 0.149. The van der Waals surface area contributed by atoms with Crippen molar-refractivity contribution in [2.75, 3.05) is 24.6 Å². The Bertz CT molecular complexity index is 668. The number of carbonyl (C=O) groups excluding carboxylic acids is 2. The molecule has 1 atom stereocenters. The van der Waals surface area contributed by atoms with Crippen LogP contribution in [0.15, 0.2) is 17.5 Å². The Morgan fingerprint density at radius 3 is 2.57 bits per heavy atom. The van der Waals surface area contributed by atoms with E-state index in [2.05, 4.69) is 4.90 Å². The van der Waals surface area contributed by atoms with Crippen molar-refractivity contribution in [1.82, 2.24) is 9.80 Å². The average Bonchev–Trinajstić information content (AvgIpc) is 3.19. The number of amides is 2. The molecular weight excluding hydrogens is 336 g/mol. The Morgan fingerprint density at radius 1 is 1.26 bits per heavy atom. The first-order chi connectivity index (χ1) is 10.9. The molecule has 3 rings (SSSR count). The van der Waals surface area contributed by atoms with Gasteiger partial charge in [-0.3, -0.25) is 19.4 Å². The van der Waals surface area contributed by atoms with Crippen LogP contribution in [0, 0.1) is 0 Å². The van der Waals surface area contributed by atoms with E-state index in [1.165, 1.54) is 4.90 Å². The summed E-state index contributed by atoms with van der Waals surface area (Å²) < 4.78 is 23.5. The normalized spacial score (nSPS) is 24.0. The van der Waals surface area contributed by atoms with Crippen molar-refractivity contribution in [2.24, 2.45) is 0 Å². The summed E-state index contributed by atoms with van der Waals surface area (Å²) in [6.07, 6.45) is 1.21. The van der Waals surface area contributed by atoms with Gasteiger partial charge in [0.1, 0.15) is 0 Å². The third-order valence-corrected chi connectivity index (χ3v) is 7.04. The minimum absolute atomic E-state index is 0.0325. The number of likely N-dealkylation sites (tertiary alicyclic amines) is 1. The molecule has 23 heavy (non-hydrogen) atoms. The van der Waals surface area contributed by atoms with Gasteiger partial charge < -0.3 is 0 Å². The maximum atomic E-state index is 11.8. The fraction of sp³-hybridized carbons (Fsp3) is 0.600. The lowest BCUT2D eigenvalue weighted by Crippen LogP contribution is -2.42. The third-order valence-electron chi connectivity index (χ3n) is 4.43. The SMILES string of the molecule is O=C1CCC(=O)N1CCN(Cc1cccs1)[C@@H]1CCS(=O)(=O)C1. The molecule has 0 N–H and O–H groups in total.